The molecule has 1 aliphatic heterocycles. The van der Waals surface area contributed by atoms with Gasteiger partial charge in [-0.05, 0) is 13.8 Å². The van der Waals surface area contributed by atoms with E-state index in [9.17, 15) is 4.79 Å². The van der Waals surface area contributed by atoms with Gasteiger partial charge in [0.15, 0.2) is 5.65 Å². The summed E-state index contributed by atoms with van der Waals surface area (Å²) in [6, 6.07) is -0.414. The van der Waals surface area contributed by atoms with Gasteiger partial charge in [0.05, 0.1) is 18.9 Å². The molecule has 1 fully saturated rings. The van der Waals surface area contributed by atoms with Crippen molar-refractivity contribution >= 4 is 23.0 Å². The van der Waals surface area contributed by atoms with E-state index < -0.39 is 6.04 Å². The molecule has 2 aromatic rings. The number of rotatable bonds is 2. The third-order valence-electron chi connectivity index (χ3n) is 3.93. The number of fused-ring (bicyclic) bond motifs is 1. The number of hydrogen-bond acceptors (Lipinski definition) is 5. The van der Waals surface area contributed by atoms with Crippen LogP contribution in [0.2, 0.25) is 0 Å². The molecule has 0 radical (unpaired) electrons. The first-order chi connectivity index (χ1) is 10.0. The second-order valence-electron chi connectivity index (χ2n) is 5.33. The first kappa shape index (κ1) is 13.9. The minimum absolute atomic E-state index is 0.0307. The molecular weight excluding hydrogens is 272 g/mol. The van der Waals surface area contributed by atoms with Crippen molar-refractivity contribution in [2.45, 2.75) is 19.9 Å². The molecule has 8 heteroatoms. The number of aromatic nitrogens is 4. The van der Waals surface area contributed by atoms with Crippen LogP contribution in [-0.4, -0.2) is 56.4 Å². The van der Waals surface area contributed by atoms with Crippen LogP contribution >= 0.6 is 0 Å². The van der Waals surface area contributed by atoms with Gasteiger partial charge in [0.2, 0.25) is 11.9 Å². The molecule has 0 aliphatic carbocycles. The zero-order chi connectivity index (χ0) is 15.1. The molecule has 3 heterocycles. The fourth-order valence-electron chi connectivity index (χ4n) is 2.85. The average Bonchev–Trinajstić information content (AvgIpc) is 2.96. The fourth-order valence-corrected chi connectivity index (χ4v) is 2.85. The number of hydrogen-bond donors (Lipinski definition) is 1. The summed E-state index contributed by atoms with van der Waals surface area (Å²) in [6.07, 6.45) is 0. The molecule has 1 atom stereocenters. The molecule has 114 valence electrons. The quantitative estimate of drug-likeness (QED) is 0.846. The summed E-state index contributed by atoms with van der Waals surface area (Å²) in [7, 11) is 1.83. The van der Waals surface area contributed by atoms with E-state index >= 15 is 0 Å². The van der Waals surface area contributed by atoms with Crippen LogP contribution < -0.4 is 5.73 Å². The molecule has 2 aromatic heterocycles. The molecule has 1 unspecified atom stereocenters. The molecule has 0 spiro atoms. The number of imidazole rings is 1. The number of amides is 1. The number of carbonyl (C=O) groups excluding carboxylic acids is 1. The number of aryl methyl sites for hydroxylation is 2. The first-order valence-electron chi connectivity index (χ1n) is 7.04. The summed E-state index contributed by atoms with van der Waals surface area (Å²) in [6.45, 7) is 6.12. The molecule has 1 aliphatic rings. The van der Waals surface area contributed by atoms with Gasteiger partial charge in [0.25, 0.3) is 0 Å². The maximum atomic E-state index is 12.6. The highest BCUT2D eigenvalue weighted by Gasteiger charge is 2.28. The van der Waals surface area contributed by atoms with Gasteiger partial charge < -0.3 is 15.4 Å². The number of morpholine rings is 1. The highest BCUT2D eigenvalue weighted by molar-refractivity contribution is 5.85. The van der Waals surface area contributed by atoms with Crippen LogP contribution in [0, 0.1) is 6.92 Å². The first-order valence-corrected chi connectivity index (χ1v) is 7.04. The number of nitrogens with two attached hydrogens (primary N) is 1. The highest BCUT2D eigenvalue weighted by atomic mass is 16.5. The minimum Gasteiger partial charge on any atom is -0.378 e. The van der Waals surface area contributed by atoms with Crippen LogP contribution in [0.4, 0.5) is 5.95 Å². The highest BCUT2D eigenvalue weighted by Crippen LogP contribution is 2.25. The number of nitrogens with zero attached hydrogens (tertiary/aromatic N) is 5. The number of nitrogen functional groups attached to an aromatic ring is 1. The third kappa shape index (κ3) is 2.15. The van der Waals surface area contributed by atoms with E-state index in [-0.39, 0.29) is 5.91 Å². The number of anilines is 1. The van der Waals surface area contributed by atoms with Gasteiger partial charge in [-0.25, -0.2) is 4.98 Å². The van der Waals surface area contributed by atoms with Gasteiger partial charge in [-0.1, -0.05) is 0 Å². The standard InChI is InChI=1S/C13H20N6O2/c1-8-10-11(17(3)16-8)19(13(14)15-10)9(2)12(20)18-4-6-21-7-5-18/h9H,4-7H2,1-3H3,(H2,14,15). The van der Waals surface area contributed by atoms with Gasteiger partial charge in [-0.3, -0.25) is 14.0 Å². The monoisotopic (exact) mass is 292 g/mol. The summed E-state index contributed by atoms with van der Waals surface area (Å²) >= 11 is 0. The SMILES string of the molecule is Cc1nn(C)c2c1nc(N)n2C(C)C(=O)N1CCOCC1. The lowest BCUT2D eigenvalue weighted by Gasteiger charge is -2.29. The minimum atomic E-state index is -0.414. The summed E-state index contributed by atoms with van der Waals surface area (Å²) in [5.41, 5.74) is 8.35. The molecule has 0 saturated carbocycles. The van der Waals surface area contributed by atoms with E-state index in [2.05, 4.69) is 10.1 Å². The Morgan fingerprint density at radius 1 is 1.38 bits per heavy atom. The Morgan fingerprint density at radius 2 is 2.05 bits per heavy atom. The van der Waals surface area contributed by atoms with E-state index in [1.807, 2.05) is 25.8 Å². The van der Waals surface area contributed by atoms with Gasteiger partial charge in [0, 0.05) is 20.1 Å². The Bertz CT molecular complexity index is 682. The predicted octanol–water partition coefficient (Wildman–Crippen LogP) is 0.0802. The van der Waals surface area contributed by atoms with Crippen LogP contribution in [0.1, 0.15) is 18.7 Å². The topological polar surface area (TPSA) is 91.2 Å². The van der Waals surface area contributed by atoms with Gasteiger partial charge >= 0.3 is 0 Å². The van der Waals surface area contributed by atoms with E-state index in [1.165, 1.54) is 0 Å². The largest absolute Gasteiger partial charge is 0.378 e. The molecule has 0 bridgehead atoms. The van der Waals surface area contributed by atoms with Crippen molar-refractivity contribution in [1.29, 1.82) is 0 Å². The van der Waals surface area contributed by atoms with Crippen LogP contribution in [-0.2, 0) is 16.6 Å². The van der Waals surface area contributed by atoms with Crippen LogP contribution in [0.15, 0.2) is 0 Å². The van der Waals surface area contributed by atoms with Crippen LogP contribution in [0.25, 0.3) is 11.2 Å². The van der Waals surface area contributed by atoms with Crippen LogP contribution in [0.5, 0.6) is 0 Å². The fraction of sp³-hybridized carbons (Fsp3) is 0.615. The number of carbonyl (C=O) groups is 1. The Morgan fingerprint density at radius 3 is 2.71 bits per heavy atom. The zero-order valence-electron chi connectivity index (χ0n) is 12.5. The lowest BCUT2D eigenvalue weighted by atomic mass is 10.2. The van der Waals surface area contributed by atoms with Crippen molar-refractivity contribution in [3.63, 3.8) is 0 Å². The summed E-state index contributed by atoms with van der Waals surface area (Å²) < 4.78 is 8.76. The van der Waals surface area contributed by atoms with Gasteiger partial charge in [0.1, 0.15) is 11.6 Å². The maximum Gasteiger partial charge on any atom is 0.245 e. The lowest BCUT2D eigenvalue weighted by molar-refractivity contribution is -0.138. The molecule has 1 amide bonds. The zero-order valence-corrected chi connectivity index (χ0v) is 12.5. The molecule has 0 aromatic carbocycles. The van der Waals surface area contributed by atoms with Crippen molar-refractivity contribution in [3.8, 4) is 0 Å². The molecule has 8 nitrogen and oxygen atoms in total. The smallest absolute Gasteiger partial charge is 0.245 e. The maximum absolute atomic E-state index is 12.6. The lowest BCUT2D eigenvalue weighted by Crippen LogP contribution is -2.43. The van der Waals surface area contributed by atoms with E-state index in [0.717, 1.165) is 16.9 Å². The summed E-state index contributed by atoms with van der Waals surface area (Å²) in [5.74, 6) is 0.373. The molecule has 3 rings (SSSR count). The van der Waals surface area contributed by atoms with Crippen molar-refractivity contribution in [1.82, 2.24) is 24.2 Å². The van der Waals surface area contributed by atoms with Crippen molar-refractivity contribution in [2.24, 2.45) is 7.05 Å². The molecular formula is C13H20N6O2. The summed E-state index contributed by atoms with van der Waals surface area (Å²) in [5, 5.41) is 4.34. The van der Waals surface area contributed by atoms with E-state index in [4.69, 9.17) is 10.5 Å². The third-order valence-corrected chi connectivity index (χ3v) is 3.93. The molecule has 2 N–H and O–H groups in total. The van der Waals surface area contributed by atoms with Crippen molar-refractivity contribution < 1.29 is 9.53 Å². The molecule has 21 heavy (non-hydrogen) atoms. The van der Waals surface area contributed by atoms with Crippen molar-refractivity contribution in [3.05, 3.63) is 5.69 Å². The Labute approximate surface area is 122 Å². The van der Waals surface area contributed by atoms with E-state index in [0.29, 0.717) is 32.3 Å². The normalized spacial score (nSPS) is 17.4. The Hall–Kier alpha value is -2.09. The second-order valence-corrected chi connectivity index (χ2v) is 5.33. The Kier molecular flexibility index (Phi) is 3.32. The summed E-state index contributed by atoms with van der Waals surface area (Å²) in [4.78, 5) is 18.8. The van der Waals surface area contributed by atoms with Gasteiger partial charge in [-0.2, -0.15) is 5.10 Å². The number of ether oxygens (including phenoxy) is 1. The predicted molar refractivity (Wildman–Crippen MR) is 77.8 cm³/mol. The molecule has 1 saturated heterocycles. The van der Waals surface area contributed by atoms with E-state index in [1.54, 1.807) is 9.25 Å². The second kappa shape index (κ2) is 5.03. The Balaban J connectivity index is 1.99. The average molecular weight is 292 g/mol. The van der Waals surface area contributed by atoms with Crippen molar-refractivity contribution in [2.75, 3.05) is 32.0 Å². The van der Waals surface area contributed by atoms with Gasteiger partial charge in [-0.15, -0.1) is 0 Å². The van der Waals surface area contributed by atoms with Crippen LogP contribution in [0.3, 0.4) is 0 Å².